The fourth-order valence-electron chi connectivity index (χ4n) is 7.37. The number of nitrogens with one attached hydrogen (secondary N) is 1. The third-order valence-electron chi connectivity index (χ3n) is 10.4. The summed E-state index contributed by atoms with van der Waals surface area (Å²) in [5, 5.41) is 3.84. The molecule has 0 saturated carbocycles. The van der Waals surface area contributed by atoms with Crippen LogP contribution in [0.1, 0.15) is 63.2 Å². The van der Waals surface area contributed by atoms with Gasteiger partial charge < -0.3 is 29.0 Å². The maximum Gasteiger partial charge on any atom is 0.408 e. The second-order valence-electron chi connectivity index (χ2n) is 13.9. The number of piperidine rings is 3. The summed E-state index contributed by atoms with van der Waals surface area (Å²) in [5.74, 6) is 1.48. The lowest BCUT2D eigenvalue weighted by Gasteiger charge is -2.43. The molecule has 4 heterocycles. The van der Waals surface area contributed by atoms with Crippen molar-refractivity contribution in [3.05, 3.63) is 153 Å². The van der Waals surface area contributed by atoms with Gasteiger partial charge in [-0.15, -0.1) is 0 Å². The van der Waals surface area contributed by atoms with Crippen molar-refractivity contribution in [2.75, 3.05) is 33.9 Å². The van der Waals surface area contributed by atoms with Gasteiger partial charge in [-0.3, -0.25) is 9.88 Å². The Bertz CT molecular complexity index is 2120. The number of ether oxygens (including phenoxy) is 5. The lowest BCUT2D eigenvalue weighted by atomic mass is 9.86. The van der Waals surface area contributed by atoms with E-state index in [2.05, 4.69) is 15.2 Å². The van der Waals surface area contributed by atoms with Gasteiger partial charge in [0, 0.05) is 25.4 Å². The molecular formula is C44H43Cl2N3O7. The average Bonchev–Trinajstić information content (AvgIpc) is 3.23. The molecule has 1 aromatic heterocycles. The number of pyridine rings is 1. The molecule has 1 N–H and O–H groups in total. The lowest BCUT2D eigenvalue weighted by Crippen LogP contribution is -2.52. The molecule has 4 aromatic carbocycles. The van der Waals surface area contributed by atoms with Gasteiger partial charge in [0.25, 0.3) is 0 Å². The molecule has 290 valence electrons. The van der Waals surface area contributed by atoms with E-state index >= 15 is 0 Å². The van der Waals surface area contributed by atoms with E-state index in [0.29, 0.717) is 49.9 Å². The Morgan fingerprint density at radius 3 is 2.27 bits per heavy atom. The van der Waals surface area contributed by atoms with Gasteiger partial charge >= 0.3 is 12.1 Å². The number of benzene rings is 4. The number of amides is 1. The predicted octanol–water partition coefficient (Wildman–Crippen LogP) is 9.04. The second kappa shape index (κ2) is 18.1. The number of esters is 1. The van der Waals surface area contributed by atoms with E-state index < -0.39 is 24.2 Å². The molecule has 5 aromatic rings. The van der Waals surface area contributed by atoms with Crippen LogP contribution < -0.4 is 19.5 Å². The zero-order valence-corrected chi connectivity index (χ0v) is 32.7. The number of nitrogens with zero attached hydrogens (tertiary/aromatic N) is 2. The number of alkyl carbamates (subject to hydrolysis) is 1. The van der Waals surface area contributed by atoms with Crippen molar-refractivity contribution in [1.29, 1.82) is 0 Å². The van der Waals surface area contributed by atoms with Crippen LogP contribution in [0.2, 0.25) is 10.0 Å². The van der Waals surface area contributed by atoms with E-state index in [4.69, 9.17) is 46.9 Å². The first-order chi connectivity index (χ1) is 27.3. The van der Waals surface area contributed by atoms with Crippen LogP contribution in [0.3, 0.4) is 0 Å². The number of rotatable bonds is 14. The highest BCUT2D eigenvalue weighted by atomic mass is 35.5. The van der Waals surface area contributed by atoms with Crippen LogP contribution in [-0.4, -0.2) is 61.9 Å². The van der Waals surface area contributed by atoms with E-state index in [1.165, 1.54) is 19.5 Å². The van der Waals surface area contributed by atoms with Crippen molar-refractivity contribution in [1.82, 2.24) is 15.2 Å². The lowest BCUT2D eigenvalue weighted by molar-refractivity contribution is -0.0336. The quantitative estimate of drug-likeness (QED) is 0.110. The largest absolute Gasteiger partial charge is 0.493 e. The van der Waals surface area contributed by atoms with Crippen LogP contribution in [0.25, 0.3) is 0 Å². The Kier molecular flexibility index (Phi) is 12.6. The molecular weight excluding hydrogens is 753 g/mol. The molecule has 3 atom stereocenters. The van der Waals surface area contributed by atoms with Gasteiger partial charge in [0.1, 0.15) is 24.6 Å². The molecule has 3 aliphatic heterocycles. The van der Waals surface area contributed by atoms with Gasteiger partial charge in [0.05, 0.1) is 35.9 Å². The monoisotopic (exact) mass is 795 g/mol. The van der Waals surface area contributed by atoms with Gasteiger partial charge in [0.2, 0.25) is 0 Å². The molecule has 0 unspecified atom stereocenters. The van der Waals surface area contributed by atoms with Gasteiger partial charge in [-0.25, -0.2) is 9.59 Å². The summed E-state index contributed by atoms with van der Waals surface area (Å²) in [7, 11) is 3.09. The summed E-state index contributed by atoms with van der Waals surface area (Å²) >= 11 is 13.0. The van der Waals surface area contributed by atoms with E-state index in [1.54, 1.807) is 43.5 Å². The summed E-state index contributed by atoms with van der Waals surface area (Å²) in [6, 6.07) is 29.4. The Morgan fingerprint density at radius 2 is 1.55 bits per heavy atom. The first-order valence-electron chi connectivity index (χ1n) is 18.5. The molecule has 3 saturated heterocycles. The maximum atomic E-state index is 13.8. The predicted molar refractivity (Wildman–Crippen MR) is 214 cm³/mol. The molecule has 3 fully saturated rings. The third-order valence-corrected chi connectivity index (χ3v) is 11.0. The van der Waals surface area contributed by atoms with Crippen LogP contribution in [0.15, 0.2) is 109 Å². The summed E-state index contributed by atoms with van der Waals surface area (Å²) in [6.07, 6.45) is 3.99. The number of fused-ring (bicyclic) bond motifs is 3. The smallest absolute Gasteiger partial charge is 0.408 e. The van der Waals surface area contributed by atoms with E-state index in [1.807, 2.05) is 60.7 Å². The van der Waals surface area contributed by atoms with Gasteiger partial charge in [-0.1, -0.05) is 83.9 Å². The molecule has 10 nitrogen and oxygen atoms in total. The molecule has 2 bridgehead atoms. The Labute approximate surface area is 336 Å². The minimum atomic E-state index is -0.777. The number of aromatic nitrogens is 1. The van der Waals surface area contributed by atoms with Gasteiger partial charge in [-0.05, 0) is 96.1 Å². The summed E-state index contributed by atoms with van der Waals surface area (Å²) in [5.41, 5.74) is 4.11. The molecule has 56 heavy (non-hydrogen) atoms. The van der Waals surface area contributed by atoms with E-state index in [0.717, 1.165) is 49.2 Å². The van der Waals surface area contributed by atoms with Gasteiger partial charge in [0.15, 0.2) is 11.5 Å². The highest BCUT2D eigenvalue weighted by Crippen LogP contribution is 2.36. The molecule has 0 radical (unpaired) electrons. The van der Waals surface area contributed by atoms with E-state index in [-0.39, 0.29) is 19.1 Å². The van der Waals surface area contributed by atoms with E-state index in [9.17, 15) is 9.59 Å². The third kappa shape index (κ3) is 9.38. The van der Waals surface area contributed by atoms with Crippen LogP contribution in [0.5, 0.6) is 17.2 Å². The van der Waals surface area contributed by atoms with Crippen molar-refractivity contribution in [3.8, 4) is 17.2 Å². The van der Waals surface area contributed by atoms with Crippen molar-refractivity contribution >= 4 is 35.3 Å². The Hall–Kier alpha value is -5.29. The summed E-state index contributed by atoms with van der Waals surface area (Å²) < 4.78 is 29.3. The standard InChI is InChI=1S/C44H43Cl2N3O7/c1-52-38-15-14-31(22-40(38)53-2)39(23-35-36(45)24-47-25-37(35)46)55-43(50)33-12-6-8-28(20-33)27-54-34-13-7-11-32(21-34)42(30-9-4-3-5-10-30)48-44(51)56-41-26-49-18-16-29(41)17-19-49/h3-15,20-22,24-25,29,39,41-42H,16-19,23,26-27H2,1-2H3,(H,48,51)/t39-,41-,42-/m0/s1. The molecule has 0 spiro atoms. The number of hydrogen-bond acceptors (Lipinski definition) is 9. The first kappa shape index (κ1) is 39.0. The van der Waals surface area contributed by atoms with Crippen molar-refractivity contribution < 1.29 is 33.3 Å². The topological polar surface area (TPSA) is 108 Å². The van der Waals surface area contributed by atoms with Crippen molar-refractivity contribution in [2.24, 2.45) is 5.92 Å². The first-order valence-corrected chi connectivity index (χ1v) is 19.3. The molecule has 1 amide bonds. The minimum Gasteiger partial charge on any atom is -0.493 e. The van der Waals surface area contributed by atoms with Crippen LogP contribution >= 0.6 is 23.2 Å². The minimum absolute atomic E-state index is 0.105. The van der Waals surface area contributed by atoms with Crippen LogP contribution in [0.4, 0.5) is 4.79 Å². The van der Waals surface area contributed by atoms with Crippen molar-refractivity contribution in [2.45, 2.75) is 44.1 Å². The number of hydrogen-bond donors (Lipinski definition) is 1. The molecule has 8 rings (SSSR count). The average molecular weight is 797 g/mol. The molecule has 3 aliphatic rings. The van der Waals surface area contributed by atoms with Gasteiger partial charge in [-0.2, -0.15) is 0 Å². The summed E-state index contributed by atoms with van der Waals surface area (Å²) in [4.78, 5) is 33.5. The zero-order chi connectivity index (χ0) is 39.0. The van der Waals surface area contributed by atoms with Crippen LogP contribution in [-0.2, 0) is 22.5 Å². The fraction of sp³-hybridized carbons (Fsp3) is 0.295. The number of methoxy groups -OCH3 is 2. The zero-order valence-electron chi connectivity index (χ0n) is 31.2. The maximum absolute atomic E-state index is 13.8. The Morgan fingerprint density at radius 1 is 0.821 bits per heavy atom. The Balaban J connectivity index is 1.05. The number of carbonyl (C=O) groups excluding carboxylic acids is 2. The second-order valence-corrected chi connectivity index (χ2v) is 14.7. The highest BCUT2D eigenvalue weighted by molar-refractivity contribution is 6.35. The molecule has 12 heteroatoms. The number of halogens is 2. The fourth-order valence-corrected chi connectivity index (χ4v) is 7.89. The SMILES string of the molecule is COc1ccc([C@H](Cc2c(Cl)cncc2Cl)OC(=O)c2cccc(COc3cccc([C@@H](NC(=O)O[C@H]4CN5CCC4CC5)c4ccccc4)c3)c2)cc1OC. The van der Waals surface area contributed by atoms with Crippen LogP contribution in [0, 0.1) is 5.92 Å². The molecule has 0 aliphatic carbocycles. The number of carbonyl (C=O) groups is 2. The summed E-state index contributed by atoms with van der Waals surface area (Å²) in [6.45, 7) is 3.10. The van der Waals surface area contributed by atoms with Crippen molar-refractivity contribution in [3.63, 3.8) is 0 Å². The normalized spacial score (nSPS) is 18.3. The highest BCUT2D eigenvalue weighted by Gasteiger charge is 2.37.